The number of aliphatic hydroxyl groups excluding tert-OH is 1. The van der Waals surface area contributed by atoms with Gasteiger partial charge in [0.1, 0.15) is 18.5 Å². The molecule has 3 aliphatic rings. The number of amides is 1. The Bertz CT molecular complexity index is 1120. The number of ether oxygens (including phenoxy) is 2. The lowest BCUT2D eigenvalue weighted by Crippen LogP contribution is -2.40. The fourth-order valence-corrected chi connectivity index (χ4v) is 6.13. The molecule has 204 valence electrons. The van der Waals surface area contributed by atoms with Crippen LogP contribution in [-0.2, 0) is 22.4 Å². The highest BCUT2D eigenvalue weighted by Gasteiger charge is 2.26. The third-order valence-corrected chi connectivity index (χ3v) is 8.36. The Morgan fingerprint density at radius 1 is 1.03 bits per heavy atom. The fourth-order valence-electron chi connectivity index (χ4n) is 6.13. The van der Waals surface area contributed by atoms with Crippen LogP contribution in [0.2, 0.25) is 0 Å². The summed E-state index contributed by atoms with van der Waals surface area (Å²) >= 11 is 0. The number of para-hydroxylation sites is 1. The predicted molar refractivity (Wildman–Crippen MR) is 150 cm³/mol. The molecular formula is C32H42N2O4. The topological polar surface area (TPSA) is 62.2 Å². The number of nitrogens with zero attached hydrogens (tertiary/aromatic N) is 2. The summed E-state index contributed by atoms with van der Waals surface area (Å²) in [5.41, 5.74) is 6.29. The van der Waals surface area contributed by atoms with Gasteiger partial charge >= 0.3 is 0 Å². The molecule has 1 N–H and O–H groups in total. The average molecular weight is 519 g/mol. The summed E-state index contributed by atoms with van der Waals surface area (Å²) in [6.07, 6.45) is 9.49. The van der Waals surface area contributed by atoms with Crippen molar-refractivity contribution < 1.29 is 19.4 Å². The van der Waals surface area contributed by atoms with E-state index in [0.29, 0.717) is 31.4 Å². The summed E-state index contributed by atoms with van der Waals surface area (Å²) in [6.45, 7) is 4.74. The lowest BCUT2D eigenvalue weighted by atomic mass is 9.84. The minimum atomic E-state index is -0.561. The number of β-amino-alcohol motifs (C(OH)–C–C–N with tert-alkyl or cyclic N) is 1. The molecule has 1 atom stereocenters. The Hall–Kier alpha value is -2.67. The molecule has 2 fully saturated rings. The van der Waals surface area contributed by atoms with E-state index >= 15 is 0 Å². The normalized spacial score (nSPS) is 20.6. The summed E-state index contributed by atoms with van der Waals surface area (Å²) in [7, 11) is 1.65. The molecule has 38 heavy (non-hydrogen) atoms. The van der Waals surface area contributed by atoms with Crippen LogP contribution in [-0.4, -0.2) is 80.0 Å². The molecule has 0 spiro atoms. The number of aliphatic hydroxyl groups is 1. The minimum absolute atomic E-state index is 0.0654. The number of piperidine rings is 1. The van der Waals surface area contributed by atoms with Gasteiger partial charge in [0, 0.05) is 37.9 Å². The monoisotopic (exact) mass is 518 g/mol. The van der Waals surface area contributed by atoms with Crippen molar-refractivity contribution in [3.05, 3.63) is 70.3 Å². The van der Waals surface area contributed by atoms with Crippen LogP contribution in [0.15, 0.2) is 48.0 Å². The molecule has 2 aromatic carbocycles. The molecule has 0 aromatic heterocycles. The number of aryl methyl sites for hydroxylation is 2. The first kappa shape index (κ1) is 26.9. The highest BCUT2D eigenvalue weighted by Crippen LogP contribution is 2.32. The van der Waals surface area contributed by atoms with Gasteiger partial charge in [0.2, 0.25) is 5.91 Å². The Morgan fingerprint density at radius 2 is 1.82 bits per heavy atom. The number of benzene rings is 2. The second kappa shape index (κ2) is 12.9. The molecule has 2 heterocycles. The van der Waals surface area contributed by atoms with Gasteiger partial charge in [0.15, 0.2) is 0 Å². The van der Waals surface area contributed by atoms with Crippen LogP contribution >= 0.6 is 0 Å². The summed E-state index contributed by atoms with van der Waals surface area (Å²) in [4.78, 5) is 16.9. The van der Waals surface area contributed by atoms with Crippen molar-refractivity contribution in [1.29, 1.82) is 0 Å². The Morgan fingerprint density at radius 3 is 2.63 bits per heavy atom. The van der Waals surface area contributed by atoms with Crippen molar-refractivity contribution >= 4 is 12.0 Å². The maximum Gasteiger partial charge on any atom is 0.249 e. The summed E-state index contributed by atoms with van der Waals surface area (Å²) in [6, 6.07) is 14.9. The third-order valence-electron chi connectivity index (χ3n) is 8.36. The average Bonchev–Trinajstić information content (AvgIpc) is 3.30. The second-order valence-electron chi connectivity index (χ2n) is 11.0. The van der Waals surface area contributed by atoms with Crippen LogP contribution in [0.1, 0.15) is 60.3 Å². The number of likely N-dealkylation sites (tertiary alicyclic amines) is 2. The molecule has 2 saturated heterocycles. The minimum Gasteiger partial charge on any atom is -0.490 e. The second-order valence-corrected chi connectivity index (χ2v) is 11.0. The Kier molecular flexibility index (Phi) is 9.15. The highest BCUT2D eigenvalue weighted by atomic mass is 16.5. The Balaban J connectivity index is 1.10. The van der Waals surface area contributed by atoms with Crippen LogP contribution in [0.5, 0.6) is 5.75 Å². The SMILES string of the molecule is COCCN1CCC(=Cc2ccccc2OC[C@@H](O)CN2CCC(c3ccc4c(c3)CCCC4)CC2)C1=O. The zero-order valence-electron chi connectivity index (χ0n) is 22.7. The number of rotatable bonds is 10. The van der Waals surface area contributed by atoms with Gasteiger partial charge in [-0.1, -0.05) is 36.4 Å². The van der Waals surface area contributed by atoms with Gasteiger partial charge < -0.3 is 24.4 Å². The molecule has 0 saturated carbocycles. The van der Waals surface area contributed by atoms with E-state index in [1.165, 1.54) is 31.2 Å². The van der Waals surface area contributed by atoms with Gasteiger partial charge in [-0.3, -0.25) is 4.79 Å². The Labute approximate surface area is 227 Å². The smallest absolute Gasteiger partial charge is 0.249 e. The van der Waals surface area contributed by atoms with Crippen LogP contribution in [0, 0.1) is 0 Å². The van der Waals surface area contributed by atoms with E-state index in [-0.39, 0.29) is 12.5 Å². The zero-order valence-corrected chi connectivity index (χ0v) is 22.7. The van der Waals surface area contributed by atoms with Gasteiger partial charge in [0.25, 0.3) is 0 Å². The molecule has 5 rings (SSSR count). The molecular weight excluding hydrogens is 476 g/mol. The van der Waals surface area contributed by atoms with E-state index in [1.54, 1.807) is 18.2 Å². The standard InChI is InChI=1S/C32H42N2O4/c1-37-19-18-34-17-14-29(32(34)36)21-28-8-4-5-9-31(28)38-23-30(35)22-33-15-12-25(13-16-33)27-11-10-24-6-2-3-7-26(24)20-27/h4-5,8-11,20-21,25,30,35H,2-3,6-7,12-19,22-23H2,1H3/t30-/m0/s1. The third kappa shape index (κ3) is 6.66. The highest BCUT2D eigenvalue weighted by molar-refractivity contribution is 6.00. The first-order chi connectivity index (χ1) is 18.6. The maximum atomic E-state index is 12.7. The first-order valence-corrected chi connectivity index (χ1v) is 14.3. The molecule has 2 aliphatic heterocycles. The van der Waals surface area contributed by atoms with Crippen LogP contribution in [0.4, 0.5) is 0 Å². The van der Waals surface area contributed by atoms with Crippen molar-refractivity contribution in [3.63, 3.8) is 0 Å². The molecule has 1 amide bonds. The lowest BCUT2D eigenvalue weighted by Gasteiger charge is -2.33. The first-order valence-electron chi connectivity index (χ1n) is 14.3. The van der Waals surface area contributed by atoms with Gasteiger partial charge in [-0.2, -0.15) is 0 Å². The fraction of sp³-hybridized carbons (Fsp3) is 0.531. The number of hydrogen-bond acceptors (Lipinski definition) is 5. The van der Waals surface area contributed by atoms with E-state index in [0.717, 1.165) is 50.0 Å². The van der Waals surface area contributed by atoms with Crippen molar-refractivity contribution in [2.75, 3.05) is 53.0 Å². The van der Waals surface area contributed by atoms with E-state index in [4.69, 9.17) is 9.47 Å². The number of methoxy groups -OCH3 is 1. The zero-order chi connectivity index (χ0) is 26.3. The lowest BCUT2D eigenvalue weighted by molar-refractivity contribution is -0.125. The van der Waals surface area contributed by atoms with E-state index in [9.17, 15) is 9.90 Å². The summed E-state index contributed by atoms with van der Waals surface area (Å²) in [5.74, 6) is 1.39. The molecule has 2 aromatic rings. The van der Waals surface area contributed by atoms with Crippen LogP contribution in [0.25, 0.3) is 6.08 Å². The predicted octanol–water partition coefficient (Wildman–Crippen LogP) is 4.45. The van der Waals surface area contributed by atoms with Crippen LogP contribution in [0.3, 0.4) is 0 Å². The maximum absolute atomic E-state index is 12.7. The number of hydrogen-bond donors (Lipinski definition) is 1. The van der Waals surface area contributed by atoms with Crippen molar-refractivity contribution in [2.45, 2.75) is 57.0 Å². The number of carbonyl (C=O) groups is 1. The van der Waals surface area contributed by atoms with Crippen molar-refractivity contribution in [3.8, 4) is 5.75 Å². The molecule has 1 aliphatic carbocycles. The molecule has 0 bridgehead atoms. The molecule has 0 radical (unpaired) electrons. The summed E-state index contributed by atoms with van der Waals surface area (Å²) < 4.78 is 11.2. The van der Waals surface area contributed by atoms with Gasteiger partial charge in [-0.25, -0.2) is 0 Å². The van der Waals surface area contributed by atoms with E-state index in [1.807, 2.05) is 35.2 Å². The van der Waals surface area contributed by atoms with E-state index < -0.39 is 6.10 Å². The molecule has 0 unspecified atom stereocenters. The van der Waals surface area contributed by atoms with Gasteiger partial charge in [-0.15, -0.1) is 0 Å². The van der Waals surface area contributed by atoms with Crippen molar-refractivity contribution in [1.82, 2.24) is 9.80 Å². The van der Waals surface area contributed by atoms with Gasteiger partial charge in [-0.05, 0) is 92.8 Å². The quantitative estimate of drug-likeness (QED) is 0.471. The van der Waals surface area contributed by atoms with Crippen molar-refractivity contribution in [2.24, 2.45) is 0 Å². The molecule has 6 nitrogen and oxygen atoms in total. The van der Waals surface area contributed by atoms with Crippen LogP contribution < -0.4 is 4.74 Å². The van der Waals surface area contributed by atoms with Gasteiger partial charge in [0.05, 0.1) is 6.61 Å². The number of carbonyl (C=O) groups excluding carboxylic acids is 1. The molecule has 6 heteroatoms. The summed E-state index contributed by atoms with van der Waals surface area (Å²) in [5, 5.41) is 10.8. The number of fused-ring (bicyclic) bond motifs is 1. The largest absolute Gasteiger partial charge is 0.490 e. The van der Waals surface area contributed by atoms with E-state index in [2.05, 4.69) is 23.1 Å².